The number of aliphatic carboxylic acids is 1. The summed E-state index contributed by atoms with van der Waals surface area (Å²) in [7, 11) is 0. The van der Waals surface area contributed by atoms with Crippen molar-refractivity contribution in [2.45, 2.75) is 19.5 Å². The van der Waals surface area contributed by atoms with Crippen LogP contribution < -0.4 is 5.32 Å². The zero-order chi connectivity index (χ0) is 13.8. The fourth-order valence-corrected chi connectivity index (χ4v) is 3.78. The highest BCUT2D eigenvalue weighted by molar-refractivity contribution is 7.99. The summed E-state index contributed by atoms with van der Waals surface area (Å²) in [5.74, 6) is 0.311. The Morgan fingerprint density at radius 2 is 2.37 bits per heavy atom. The number of amides is 2. The Labute approximate surface area is 120 Å². The van der Waals surface area contributed by atoms with Gasteiger partial charge in [-0.15, -0.1) is 11.3 Å². The topological polar surface area (TPSA) is 69.6 Å². The Morgan fingerprint density at radius 3 is 3.00 bits per heavy atom. The van der Waals surface area contributed by atoms with Gasteiger partial charge in [-0.2, -0.15) is 11.8 Å². The number of hydrogen-bond donors (Lipinski definition) is 2. The van der Waals surface area contributed by atoms with Gasteiger partial charge in [-0.1, -0.05) is 0 Å². The second kappa shape index (κ2) is 6.29. The molecule has 1 aromatic heterocycles. The molecule has 1 aliphatic heterocycles. The smallest absolute Gasteiger partial charge is 0.327 e. The van der Waals surface area contributed by atoms with Gasteiger partial charge in [-0.05, 0) is 23.9 Å². The monoisotopic (exact) mass is 300 g/mol. The Hall–Kier alpha value is -1.21. The minimum absolute atomic E-state index is 0.291. The molecule has 1 aromatic rings. The molecule has 0 spiro atoms. The van der Waals surface area contributed by atoms with Gasteiger partial charge < -0.3 is 15.3 Å². The summed E-state index contributed by atoms with van der Waals surface area (Å²) in [5.41, 5.74) is 1.15. The number of aryl methyl sites for hydroxylation is 1. The van der Waals surface area contributed by atoms with E-state index in [1.807, 2.05) is 18.4 Å². The van der Waals surface area contributed by atoms with E-state index < -0.39 is 12.0 Å². The standard InChI is InChI=1S/C12H16N2O3S2/c1-8-2-4-19-10(8)6-13-12(17)14-3-5-18-7-9(14)11(15)16/h2,4,9H,3,5-7H2,1H3,(H,13,17)(H,15,16). The molecule has 104 valence electrons. The van der Waals surface area contributed by atoms with Crippen LogP contribution in [0.15, 0.2) is 11.4 Å². The molecular weight excluding hydrogens is 284 g/mol. The van der Waals surface area contributed by atoms with E-state index in [4.69, 9.17) is 5.11 Å². The fraction of sp³-hybridized carbons (Fsp3) is 0.500. The molecular formula is C12H16N2O3S2. The minimum Gasteiger partial charge on any atom is -0.480 e. The molecule has 1 fully saturated rings. The van der Waals surface area contributed by atoms with Crippen molar-refractivity contribution in [3.8, 4) is 0 Å². The Morgan fingerprint density at radius 1 is 1.58 bits per heavy atom. The van der Waals surface area contributed by atoms with E-state index >= 15 is 0 Å². The summed E-state index contributed by atoms with van der Waals surface area (Å²) in [6, 6.07) is 0.993. The molecule has 5 nitrogen and oxygen atoms in total. The number of thioether (sulfide) groups is 1. The lowest BCUT2D eigenvalue weighted by Gasteiger charge is -2.32. The van der Waals surface area contributed by atoms with Crippen LogP contribution in [0.2, 0.25) is 0 Å². The first-order valence-corrected chi connectivity index (χ1v) is 8.01. The first-order valence-electron chi connectivity index (χ1n) is 5.97. The van der Waals surface area contributed by atoms with Crippen LogP contribution in [0.25, 0.3) is 0 Å². The molecule has 2 rings (SSSR count). The highest BCUT2D eigenvalue weighted by Crippen LogP contribution is 2.18. The van der Waals surface area contributed by atoms with Gasteiger partial charge in [-0.3, -0.25) is 0 Å². The molecule has 0 radical (unpaired) electrons. The average Bonchev–Trinajstić information content (AvgIpc) is 2.81. The molecule has 2 heterocycles. The predicted molar refractivity (Wildman–Crippen MR) is 76.7 cm³/mol. The number of nitrogens with zero attached hydrogens (tertiary/aromatic N) is 1. The van der Waals surface area contributed by atoms with Gasteiger partial charge in [0.2, 0.25) is 0 Å². The highest BCUT2D eigenvalue weighted by Gasteiger charge is 2.32. The molecule has 0 saturated carbocycles. The second-order valence-corrected chi connectivity index (χ2v) is 6.46. The maximum absolute atomic E-state index is 12.1. The highest BCUT2D eigenvalue weighted by atomic mass is 32.2. The van der Waals surface area contributed by atoms with Gasteiger partial charge in [0.05, 0.1) is 6.54 Å². The first kappa shape index (κ1) is 14.2. The van der Waals surface area contributed by atoms with Gasteiger partial charge in [0.1, 0.15) is 6.04 Å². The molecule has 0 aromatic carbocycles. The van der Waals surface area contributed by atoms with Crippen molar-refractivity contribution in [1.82, 2.24) is 10.2 Å². The van der Waals surface area contributed by atoms with E-state index in [1.165, 1.54) is 4.90 Å². The molecule has 1 unspecified atom stereocenters. The van der Waals surface area contributed by atoms with Crippen molar-refractivity contribution in [1.29, 1.82) is 0 Å². The Bertz CT molecular complexity index is 475. The van der Waals surface area contributed by atoms with Gasteiger partial charge in [0.25, 0.3) is 0 Å². The predicted octanol–water partition coefficient (Wildman–Crippen LogP) is 1.77. The number of nitrogens with one attached hydrogen (secondary N) is 1. The third-order valence-electron chi connectivity index (χ3n) is 3.04. The van der Waals surface area contributed by atoms with Crippen molar-refractivity contribution >= 4 is 35.1 Å². The van der Waals surface area contributed by atoms with E-state index in [0.717, 1.165) is 16.2 Å². The molecule has 1 atom stereocenters. The van der Waals surface area contributed by atoms with Crippen LogP contribution in [0.3, 0.4) is 0 Å². The summed E-state index contributed by atoms with van der Waals surface area (Å²) >= 11 is 3.16. The molecule has 7 heteroatoms. The van der Waals surface area contributed by atoms with E-state index in [1.54, 1.807) is 23.1 Å². The van der Waals surface area contributed by atoms with Gasteiger partial charge in [0, 0.05) is 22.9 Å². The minimum atomic E-state index is -0.936. The van der Waals surface area contributed by atoms with Crippen molar-refractivity contribution in [2.75, 3.05) is 18.1 Å². The molecule has 1 saturated heterocycles. The second-order valence-electron chi connectivity index (χ2n) is 4.31. The largest absolute Gasteiger partial charge is 0.480 e. The van der Waals surface area contributed by atoms with E-state index in [0.29, 0.717) is 18.8 Å². The number of carbonyl (C=O) groups is 2. The quantitative estimate of drug-likeness (QED) is 0.892. The summed E-state index contributed by atoms with van der Waals surface area (Å²) in [6.45, 7) is 2.94. The number of hydrogen-bond acceptors (Lipinski definition) is 4. The van der Waals surface area contributed by atoms with Crippen LogP contribution in [0.5, 0.6) is 0 Å². The van der Waals surface area contributed by atoms with Crippen LogP contribution in [0.1, 0.15) is 10.4 Å². The lowest BCUT2D eigenvalue weighted by atomic mass is 10.3. The number of rotatable bonds is 3. The number of urea groups is 1. The zero-order valence-corrected chi connectivity index (χ0v) is 12.2. The maximum Gasteiger partial charge on any atom is 0.327 e. The third kappa shape index (κ3) is 3.42. The molecule has 19 heavy (non-hydrogen) atoms. The number of carboxylic acid groups (broad SMARTS) is 1. The van der Waals surface area contributed by atoms with Gasteiger partial charge in [-0.25, -0.2) is 9.59 Å². The number of thiophene rings is 1. The summed E-state index contributed by atoms with van der Waals surface area (Å²) in [5, 5.41) is 13.9. The molecule has 1 aliphatic rings. The normalized spacial score (nSPS) is 19.2. The summed E-state index contributed by atoms with van der Waals surface area (Å²) in [6.07, 6.45) is 0. The van der Waals surface area contributed by atoms with E-state index in [9.17, 15) is 9.59 Å². The fourth-order valence-electron chi connectivity index (χ4n) is 1.89. The molecule has 0 bridgehead atoms. The van der Waals surface area contributed by atoms with Crippen molar-refractivity contribution in [2.24, 2.45) is 0 Å². The SMILES string of the molecule is Cc1ccsc1CNC(=O)N1CCSCC1C(=O)O. The maximum atomic E-state index is 12.1. The van der Waals surface area contributed by atoms with Crippen molar-refractivity contribution in [3.05, 3.63) is 21.9 Å². The average molecular weight is 300 g/mol. The van der Waals surface area contributed by atoms with Gasteiger partial charge >= 0.3 is 12.0 Å². The van der Waals surface area contributed by atoms with Gasteiger partial charge in [0.15, 0.2) is 0 Å². The van der Waals surface area contributed by atoms with Crippen molar-refractivity contribution in [3.63, 3.8) is 0 Å². The van der Waals surface area contributed by atoms with Crippen molar-refractivity contribution < 1.29 is 14.7 Å². The first-order chi connectivity index (χ1) is 9.09. The van der Waals surface area contributed by atoms with Crippen LogP contribution in [-0.2, 0) is 11.3 Å². The number of carbonyl (C=O) groups excluding carboxylic acids is 1. The van der Waals surface area contributed by atoms with E-state index in [2.05, 4.69) is 5.32 Å². The van der Waals surface area contributed by atoms with Crippen LogP contribution in [0.4, 0.5) is 4.79 Å². The Balaban J connectivity index is 1.94. The zero-order valence-electron chi connectivity index (χ0n) is 10.6. The Kier molecular flexibility index (Phi) is 4.71. The van der Waals surface area contributed by atoms with E-state index in [-0.39, 0.29) is 6.03 Å². The summed E-state index contributed by atoms with van der Waals surface area (Å²) in [4.78, 5) is 25.7. The van der Waals surface area contributed by atoms with Crippen LogP contribution in [0, 0.1) is 6.92 Å². The molecule has 2 amide bonds. The molecule has 0 aliphatic carbocycles. The number of carboxylic acids is 1. The van der Waals surface area contributed by atoms with Crippen LogP contribution >= 0.6 is 23.1 Å². The molecule has 2 N–H and O–H groups in total. The summed E-state index contributed by atoms with van der Waals surface area (Å²) < 4.78 is 0. The lowest BCUT2D eigenvalue weighted by molar-refractivity contribution is -0.141. The lowest BCUT2D eigenvalue weighted by Crippen LogP contribution is -2.53. The third-order valence-corrected chi connectivity index (χ3v) is 5.09. The van der Waals surface area contributed by atoms with Crippen LogP contribution in [-0.4, -0.2) is 46.1 Å².